The normalized spacial score (nSPS) is 10.2. The molecule has 0 unspecified atom stereocenters. The van der Waals surface area contributed by atoms with Gasteiger partial charge in [-0.05, 0) is 30.4 Å². The SMILES string of the molecule is Nc1ccc(SCCCC(=O)O)c(Cl)c1. The van der Waals surface area contributed by atoms with Gasteiger partial charge in [-0.25, -0.2) is 0 Å². The van der Waals surface area contributed by atoms with Crippen LogP contribution in [0, 0.1) is 0 Å². The van der Waals surface area contributed by atoms with Crippen LogP contribution in [0.4, 0.5) is 5.69 Å². The summed E-state index contributed by atoms with van der Waals surface area (Å²) in [5, 5.41) is 9.07. The molecule has 1 aromatic rings. The van der Waals surface area contributed by atoms with E-state index in [1.165, 1.54) is 0 Å². The van der Waals surface area contributed by atoms with Crippen molar-refractivity contribution in [1.82, 2.24) is 0 Å². The molecule has 0 aromatic heterocycles. The van der Waals surface area contributed by atoms with Gasteiger partial charge in [-0.3, -0.25) is 4.79 Å². The number of hydrogen-bond acceptors (Lipinski definition) is 3. The van der Waals surface area contributed by atoms with Crippen molar-refractivity contribution in [2.24, 2.45) is 0 Å². The lowest BCUT2D eigenvalue weighted by molar-refractivity contribution is -0.137. The Kier molecular flexibility index (Phi) is 4.78. The van der Waals surface area contributed by atoms with Crippen molar-refractivity contribution in [3.63, 3.8) is 0 Å². The Morgan fingerprint density at radius 1 is 1.53 bits per heavy atom. The highest BCUT2D eigenvalue weighted by Gasteiger charge is 2.02. The molecule has 0 saturated carbocycles. The number of benzene rings is 1. The molecule has 0 atom stereocenters. The van der Waals surface area contributed by atoms with Gasteiger partial charge < -0.3 is 10.8 Å². The summed E-state index contributed by atoms with van der Waals surface area (Å²) >= 11 is 7.50. The molecule has 0 saturated heterocycles. The van der Waals surface area contributed by atoms with E-state index < -0.39 is 5.97 Å². The third-order valence-electron chi connectivity index (χ3n) is 1.75. The minimum absolute atomic E-state index is 0.194. The van der Waals surface area contributed by atoms with E-state index in [0.29, 0.717) is 17.1 Å². The van der Waals surface area contributed by atoms with Gasteiger partial charge in [-0.1, -0.05) is 11.6 Å². The van der Waals surface area contributed by atoms with E-state index >= 15 is 0 Å². The summed E-state index contributed by atoms with van der Waals surface area (Å²) in [6.45, 7) is 0. The molecular formula is C10H12ClNO2S. The molecule has 0 spiro atoms. The fourth-order valence-electron chi connectivity index (χ4n) is 1.04. The maximum Gasteiger partial charge on any atom is 0.303 e. The second-order valence-corrected chi connectivity index (χ2v) is 4.58. The van der Waals surface area contributed by atoms with Crippen LogP contribution in [-0.2, 0) is 4.79 Å². The first-order chi connectivity index (χ1) is 7.09. The summed E-state index contributed by atoms with van der Waals surface area (Å²) in [7, 11) is 0. The summed E-state index contributed by atoms with van der Waals surface area (Å²) in [4.78, 5) is 11.2. The lowest BCUT2D eigenvalue weighted by atomic mass is 10.3. The van der Waals surface area contributed by atoms with Gasteiger partial charge in [0.2, 0.25) is 0 Å². The summed E-state index contributed by atoms with van der Waals surface area (Å²) in [6, 6.07) is 5.33. The Labute approximate surface area is 97.6 Å². The number of anilines is 1. The fourth-order valence-corrected chi connectivity index (χ4v) is 2.26. The summed E-state index contributed by atoms with van der Waals surface area (Å²) in [6.07, 6.45) is 0.834. The minimum Gasteiger partial charge on any atom is -0.481 e. The van der Waals surface area contributed by atoms with Crippen LogP contribution in [0.15, 0.2) is 23.1 Å². The third-order valence-corrected chi connectivity index (χ3v) is 3.33. The van der Waals surface area contributed by atoms with Crippen LogP contribution in [-0.4, -0.2) is 16.8 Å². The van der Waals surface area contributed by atoms with Crippen LogP contribution in [0.1, 0.15) is 12.8 Å². The van der Waals surface area contributed by atoms with Crippen LogP contribution in [0.2, 0.25) is 5.02 Å². The Hall–Kier alpha value is -0.870. The van der Waals surface area contributed by atoms with Crippen molar-refractivity contribution in [2.45, 2.75) is 17.7 Å². The number of thioether (sulfide) groups is 1. The number of hydrogen-bond donors (Lipinski definition) is 2. The summed E-state index contributed by atoms with van der Waals surface area (Å²) < 4.78 is 0. The highest BCUT2D eigenvalue weighted by atomic mass is 35.5. The topological polar surface area (TPSA) is 63.3 Å². The lowest BCUT2D eigenvalue weighted by Crippen LogP contribution is -1.94. The number of nitrogens with two attached hydrogens (primary N) is 1. The second kappa shape index (κ2) is 5.88. The number of carboxylic acid groups (broad SMARTS) is 1. The quantitative estimate of drug-likeness (QED) is 0.476. The van der Waals surface area contributed by atoms with Crippen molar-refractivity contribution in [3.05, 3.63) is 23.2 Å². The van der Waals surface area contributed by atoms with Gasteiger partial charge in [-0.2, -0.15) is 0 Å². The van der Waals surface area contributed by atoms with Gasteiger partial charge in [0, 0.05) is 17.0 Å². The smallest absolute Gasteiger partial charge is 0.303 e. The molecule has 0 radical (unpaired) electrons. The van der Waals surface area contributed by atoms with Gasteiger partial charge in [0.1, 0.15) is 0 Å². The zero-order valence-electron chi connectivity index (χ0n) is 8.07. The minimum atomic E-state index is -0.765. The Balaban J connectivity index is 2.40. The molecule has 1 rings (SSSR count). The molecule has 1 aromatic carbocycles. The van der Waals surface area contributed by atoms with E-state index in [4.69, 9.17) is 22.4 Å². The zero-order chi connectivity index (χ0) is 11.3. The number of carboxylic acids is 1. The number of nitrogen functional groups attached to an aromatic ring is 1. The molecule has 15 heavy (non-hydrogen) atoms. The molecule has 0 aliphatic heterocycles. The van der Waals surface area contributed by atoms with E-state index in [-0.39, 0.29) is 6.42 Å². The predicted molar refractivity (Wildman–Crippen MR) is 63.5 cm³/mol. The van der Waals surface area contributed by atoms with Crippen molar-refractivity contribution < 1.29 is 9.90 Å². The second-order valence-electron chi connectivity index (χ2n) is 3.04. The fraction of sp³-hybridized carbons (Fsp3) is 0.300. The van der Waals surface area contributed by atoms with Gasteiger partial charge >= 0.3 is 5.97 Å². The van der Waals surface area contributed by atoms with Crippen molar-refractivity contribution >= 4 is 35.0 Å². The summed E-state index contributed by atoms with van der Waals surface area (Å²) in [5.74, 6) is -0.0188. The molecule has 3 nitrogen and oxygen atoms in total. The molecule has 0 aliphatic carbocycles. The molecule has 82 valence electrons. The Bertz CT molecular complexity index is 357. The lowest BCUT2D eigenvalue weighted by Gasteiger charge is -2.03. The highest BCUT2D eigenvalue weighted by Crippen LogP contribution is 2.29. The van der Waals surface area contributed by atoms with Crippen LogP contribution < -0.4 is 5.73 Å². The van der Waals surface area contributed by atoms with Gasteiger partial charge in [0.25, 0.3) is 0 Å². The summed E-state index contributed by atoms with van der Waals surface area (Å²) in [5.41, 5.74) is 6.18. The largest absolute Gasteiger partial charge is 0.481 e. The highest BCUT2D eigenvalue weighted by molar-refractivity contribution is 7.99. The van der Waals surface area contributed by atoms with E-state index in [1.807, 2.05) is 6.07 Å². The van der Waals surface area contributed by atoms with Crippen LogP contribution in [0.5, 0.6) is 0 Å². The first-order valence-corrected chi connectivity index (χ1v) is 5.85. The number of aliphatic carboxylic acids is 1. The van der Waals surface area contributed by atoms with Gasteiger partial charge in [0.05, 0.1) is 5.02 Å². The van der Waals surface area contributed by atoms with E-state index in [1.54, 1.807) is 23.9 Å². The van der Waals surface area contributed by atoms with Crippen molar-refractivity contribution in [3.8, 4) is 0 Å². The molecule has 0 bridgehead atoms. The first-order valence-electron chi connectivity index (χ1n) is 4.49. The van der Waals surface area contributed by atoms with Gasteiger partial charge in [-0.15, -0.1) is 11.8 Å². The average molecular weight is 246 g/mol. The van der Waals surface area contributed by atoms with Gasteiger partial charge in [0.15, 0.2) is 0 Å². The first kappa shape index (κ1) is 12.2. The van der Waals surface area contributed by atoms with Crippen LogP contribution in [0.25, 0.3) is 0 Å². The predicted octanol–water partition coefficient (Wildman–Crippen LogP) is 2.88. The maximum absolute atomic E-state index is 10.3. The van der Waals surface area contributed by atoms with Crippen molar-refractivity contribution in [2.75, 3.05) is 11.5 Å². The zero-order valence-corrected chi connectivity index (χ0v) is 9.64. The number of halogens is 1. The van der Waals surface area contributed by atoms with Crippen molar-refractivity contribution in [1.29, 1.82) is 0 Å². The van der Waals surface area contributed by atoms with E-state index in [2.05, 4.69) is 0 Å². The molecule has 5 heteroatoms. The number of rotatable bonds is 5. The molecule has 3 N–H and O–H groups in total. The van der Waals surface area contributed by atoms with Crippen LogP contribution in [0.3, 0.4) is 0 Å². The molecule has 0 amide bonds. The average Bonchev–Trinajstić information content (AvgIpc) is 2.14. The molecule has 0 fully saturated rings. The van der Waals surface area contributed by atoms with E-state index in [0.717, 1.165) is 10.6 Å². The standard InChI is InChI=1S/C10H12ClNO2S/c11-8-6-7(12)3-4-9(8)15-5-1-2-10(13)14/h3-4,6H,1-2,5,12H2,(H,13,14). The third kappa shape index (κ3) is 4.44. The Morgan fingerprint density at radius 2 is 2.27 bits per heavy atom. The monoisotopic (exact) mass is 245 g/mol. The van der Waals surface area contributed by atoms with E-state index in [9.17, 15) is 4.79 Å². The molecular weight excluding hydrogens is 234 g/mol. The molecule has 0 heterocycles. The number of carbonyl (C=O) groups is 1. The maximum atomic E-state index is 10.3. The Morgan fingerprint density at radius 3 is 2.87 bits per heavy atom. The van der Waals surface area contributed by atoms with Crippen LogP contribution >= 0.6 is 23.4 Å². The molecule has 0 aliphatic rings.